The normalized spacial score (nSPS) is 13.4. The topological polar surface area (TPSA) is 125 Å². The zero-order valence-electron chi connectivity index (χ0n) is 19.5. The van der Waals surface area contributed by atoms with Gasteiger partial charge in [0.25, 0.3) is 5.69 Å². The van der Waals surface area contributed by atoms with Gasteiger partial charge in [0, 0.05) is 42.9 Å². The molecule has 1 aliphatic heterocycles. The number of carbonyl (C=O) groups excluding carboxylic acids is 1. The smallest absolute Gasteiger partial charge is 0.337 e. The van der Waals surface area contributed by atoms with Gasteiger partial charge >= 0.3 is 5.97 Å². The number of benzene rings is 1. The van der Waals surface area contributed by atoms with Crippen molar-refractivity contribution in [3.05, 3.63) is 62.4 Å². The molecule has 1 aromatic carbocycles. The minimum atomic E-state index is -0.415. The van der Waals surface area contributed by atoms with Crippen LogP contribution in [0.4, 0.5) is 17.2 Å². The summed E-state index contributed by atoms with van der Waals surface area (Å²) in [5.74, 6) is 0.475. The molecule has 184 valence electrons. The van der Waals surface area contributed by atoms with Gasteiger partial charge in [-0.15, -0.1) is 0 Å². The first kappa shape index (κ1) is 24.6. The molecule has 0 spiro atoms. The van der Waals surface area contributed by atoms with Gasteiger partial charge in [-0.25, -0.2) is 4.79 Å². The van der Waals surface area contributed by atoms with Crippen LogP contribution in [0.25, 0.3) is 11.3 Å². The molecule has 12 heteroatoms. The van der Waals surface area contributed by atoms with Crippen LogP contribution in [0.1, 0.15) is 16.1 Å². The molecule has 0 unspecified atom stereocenters. The Morgan fingerprint density at radius 2 is 2.09 bits per heavy atom. The van der Waals surface area contributed by atoms with Gasteiger partial charge in [-0.2, -0.15) is 5.10 Å². The van der Waals surface area contributed by atoms with Crippen molar-refractivity contribution in [3.8, 4) is 11.3 Å². The Labute approximate surface area is 210 Å². The molecule has 0 radical (unpaired) electrons. The summed E-state index contributed by atoms with van der Waals surface area (Å²) >= 11 is 3.34. The molecule has 0 aliphatic carbocycles. The Morgan fingerprint density at radius 3 is 2.80 bits per heavy atom. The minimum Gasteiger partial charge on any atom is -0.465 e. The largest absolute Gasteiger partial charge is 0.465 e. The number of hydrogen-bond acceptors (Lipinski definition) is 9. The zero-order chi connectivity index (χ0) is 25.1. The number of esters is 1. The molecule has 1 saturated heterocycles. The van der Waals surface area contributed by atoms with Crippen molar-refractivity contribution in [2.45, 2.75) is 13.0 Å². The van der Waals surface area contributed by atoms with E-state index in [2.05, 4.69) is 36.2 Å². The first-order chi connectivity index (χ1) is 16.8. The van der Waals surface area contributed by atoms with E-state index in [9.17, 15) is 14.9 Å². The Morgan fingerprint density at radius 1 is 1.31 bits per heavy atom. The van der Waals surface area contributed by atoms with E-state index in [1.807, 2.05) is 14.0 Å². The van der Waals surface area contributed by atoms with Crippen molar-refractivity contribution < 1.29 is 19.2 Å². The van der Waals surface area contributed by atoms with Gasteiger partial charge in [-0.1, -0.05) is 15.9 Å². The number of nitro groups is 1. The molecule has 2 aromatic heterocycles. The number of halogens is 1. The van der Waals surface area contributed by atoms with Crippen LogP contribution in [0.5, 0.6) is 0 Å². The van der Waals surface area contributed by atoms with E-state index in [4.69, 9.17) is 9.47 Å². The molecule has 0 atom stereocenters. The molecular formula is C23H25BrN6O5. The number of aryl methyl sites for hydroxylation is 2. The Kier molecular flexibility index (Phi) is 7.31. The molecule has 0 saturated carbocycles. The lowest BCUT2D eigenvalue weighted by Crippen LogP contribution is -2.53. The fourth-order valence-electron chi connectivity index (χ4n) is 3.97. The molecule has 1 aliphatic rings. The lowest BCUT2D eigenvalue weighted by molar-refractivity contribution is -0.384. The monoisotopic (exact) mass is 544 g/mol. The summed E-state index contributed by atoms with van der Waals surface area (Å²) in [4.78, 5) is 29.5. The van der Waals surface area contributed by atoms with Crippen LogP contribution in [0.2, 0.25) is 0 Å². The van der Waals surface area contributed by atoms with Crippen molar-refractivity contribution in [2.75, 3.05) is 43.6 Å². The molecule has 0 amide bonds. The van der Waals surface area contributed by atoms with Crippen molar-refractivity contribution >= 4 is 39.1 Å². The molecule has 35 heavy (non-hydrogen) atoms. The fourth-order valence-corrected chi connectivity index (χ4v) is 4.33. The number of hydrogen-bond donors (Lipinski definition) is 1. The number of pyridine rings is 1. The highest BCUT2D eigenvalue weighted by atomic mass is 79.9. The molecule has 3 heterocycles. The Bertz CT molecular complexity index is 1260. The van der Waals surface area contributed by atoms with Crippen molar-refractivity contribution in [2.24, 2.45) is 7.05 Å². The minimum absolute atomic E-state index is 0.0203. The van der Waals surface area contributed by atoms with Crippen LogP contribution in [-0.4, -0.2) is 65.1 Å². The Balaban J connectivity index is 1.36. The number of nitrogens with zero attached hydrogens (tertiary/aromatic N) is 5. The second-order valence-electron chi connectivity index (χ2n) is 8.12. The van der Waals surface area contributed by atoms with Gasteiger partial charge < -0.3 is 19.7 Å². The van der Waals surface area contributed by atoms with Gasteiger partial charge in [0.1, 0.15) is 11.5 Å². The highest BCUT2D eigenvalue weighted by molar-refractivity contribution is 9.10. The first-order valence-electron chi connectivity index (χ1n) is 10.9. The molecule has 1 fully saturated rings. The van der Waals surface area contributed by atoms with E-state index in [-0.39, 0.29) is 11.8 Å². The van der Waals surface area contributed by atoms with Gasteiger partial charge in [-0.3, -0.25) is 19.8 Å². The number of rotatable bonds is 9. The number of nitrogens with one attached hydrogen (secondary N) is 1. The summed E-state index contributed by atoms with van der Waals surface area (Å²) in [6, 6.07) is 8.17. The predicted molar refractivity (Wildman–Crippen MR) is 134 cm³/mol. The predicted octanol–water partition coefficient (Wildman–Crippen LogP) is 3.57. The molecule has 0 bridgehead atoms. The zero-order valence-corrected chi connectivity index (χ0v) is 21.1. The van der Waals surface area contributed by atoms with Crippen molar-refractivity contribution in [1.82, 2.24) is 14.8 Å². The van der Waals surface area contributed by atoms with Gasteiger partial charge in [-0.05, 0) is 31.2 Å². The third-order valence-corrected chi connectivity index (χ3v) is 6.13. The number of anilines is 2. The number of methoxy groups -OCH3 is 1. The lowest BCUT2D eigenvalue weighted by Gasteiger charge is -2.40. The molecule has 4 rings (SSSR count). The van der Waals surface area contributed by atoms with Crippen molar-refractivity contribution in [3.63, 3.8) is 0 Å². The second-order valence-corrected chi connectivity index (χ2v) is 9.04. The second kappa shape index (κ2) is 10.4. The summed E-state index contributed by atoms with van der Waals surface area (Å²) in [5.41, 5.74) is 3.08. The maximum absolute atomic E-state index is 12.0. The maximum atomic E-state index is 12.0. The number of aromatic nitrogens is 3. The van der Waals surface area contributed by atoms with E-state index < -0.39 is 10.9 Å². The molecule has 11 nitrogen and oxygen atoms in total. The van der Waals surface area contributed by atoms with E-state index in [0.29, 0.717) is 48.9 Å². The average Bonchev–Trinajstić information content (AvgIpc) is 3.17. The van der Waals surface area contributed by atoms with Crippen LogP contribution >= 0.6 is 15.9 Å². The summed E-state index contributed by atoms with van der Waals surface area (Å²) in [6.07, 6.45) is 1.76. The summed E-state index contributed by atoms with van der Waals surface area (Å²) in [5, 5.41) is 18.7. The third kappa shape index (κ3) is 5.43. The van der Waals surface area contributed by atoms with Crippen molar-refractivity contribution in [1.29, 1.82) is 0 Å². The number of ether oxygens (including phenoxy) is 2. The number of carbonyl (C=O) groups is 1. The van der Waals surface area contributed by atoms with Crippen LogP contribution in [0, 0.1) is 17.0 Å². The first-order valence-corrected chi connectivity index (χ1v) is 11.7. The molecule has 1 N–H and O–H groups in total. The van der Waals surface area contributed by atoms with Crippen LogP contribution in [0.3, 0.4) is 0 Å². The quantitative estimate of drug-likeness (QED) is 0.186. The molecular weight excluding hydrogens is 520 g/mol. The van der Waals surface area contributed by atoms with Gasteiger partial charge in [0.2, 0.25) is 0 Å². The lowest BCUT2D eigenvalue weighted by atomic mass is 10.1. The maximum Gasteiger partial charge on any atom is 0.337 e. The fraction of sp³-hybridized carbons (Fsp3) is 0.348. The van der Waals surface area contributed by atoms with Crippen LogP contribution in [-0.2, 0) is 16.5 Å². The van der Waals surface area contributed by atoms with E-state index >= 15 is 0 Å². The van der Waals surface area contributed by atoms with E-state index in [1.54, 1.807) is 35.1 Å². The highest BCUT2D eigenvalue weighted by Crippen LogP contribution is 2.33. The van der Waals surface area contributed by atoms with E-state index in [1.165, 1.54) is 13.2 Å². The van der Waals surface area contributed by atoms with Gasteiger partial charge in [0.15, 0.2) is 0 Å². The van der Waals surface area contributed by atoms with E-state index in [0.717, 1.165) is 15.9 Å². The summed E-state index contributed by atoms with van der Waals surface area (Å²) in [7, 11) is 3.21. The average molecular weight is 545 g/mol. The summed E-state index contributed by atoms with van der Waals surface area (Å²) in [6.45, 7) is 4.01. The molecule has 3 aromatic rings. The standard InChI is InChI=1S/C23H25BrN6O5/c1-14-8-15(23(31)34-3)9-19(27-14)18-11-26-28(2)22(18)29-12-17(13-29)35-7-6-25-20-10-16(24)4-5-21(20)30(32)33/h4-5,8-11,17,25H,6-7,12-13H2,1-3H3. The van der Waals surface area contributed by atoms with Gasteiger partial charge in [0.05, 0.1) is 47.8 Å². The third-order valence-electron chi connectivity index (χ3n) is 5.63. The summed E-state index contributed by atoms with van der Waals surface area (Å²) < 4.78 is 13.3. The highest BCUT2D eigenvalue weighted by Gasteiger charge is 2.32. The Hall–Kier alpha value is -3.51. The number of nitro benzene ring substituents is 1. The van der Waals surface area contributed by atoms with Crippen LogP contribution < -0.4 is 10.2 Å². The van der Waals surface area contributed by atoms with Crippen LogP contribution in [0.15, 0.2) is 41.0 Å². The SMILES string of the molecule is COC(=O)c1cc(C)nc(-c2cnn(C)c2N2CC(OCCNc3cc(Br)ccc3[N+](=O)[O-])C2)c1.